The van der Waals surface area contributed by atoms with Crippen LogP contribution in [0.4, 0.5) is 5.95 Å². The number of hydrogen-bond acceptors (Lipinski definition) is 7. The lowest BCUT2D eigenvalue weighted by molar-refractivity contribution is 0.0600. The molecule has 188 valence electrons. The summed E-state index contributed by atoms with van der Waals surface area (Å²) in [7, 11) is 3.21. The van der Waals surface area contributed by atoms with E-state index in [1.54, 1.807) is 23.0 Å². The zero-order valence-corrected chi connectivity index (χ0v) is 22.2. The fourth-order valence-corrected chi connectivity index (χ4v) is 5.42. The minimum absolute atomic E-state index is 0.399. The van der Waals surface area contributed by atoms with Gasteiger partial charge in [0.15, 0.2) is 0 Å². The van der Waals surface area contributed by atoms with Gasteiger partial charge < -0.3 is 19.8 Å². The van der Waals surface area contributed by atoms with Crippen LogP contribution in [0.1, 0.15) is 35.3 Å². The largest absolute Gasteiger partial charge is 0.477 e. The van der Waals surface area contributed by atoms with Gasteiger partial charge in [-0.15, -0.1) is 0 Å². The Balaban J connectivity index is 1.27. The highest BCUT2D eigenvalue weighted by molar-refractivity contribution is 9.10. The molecule has 2 atom stereocenters. The zero-order chi connectivity index (χ0) is 25.4. The molecule has 5 rings (SSSR count). The Labute approximate surface area is 217 Å². The number of aromatic nitrogens is 5. The lowest BCUT2D eigenvalue weighted by Crippen LogP contribution is -2.14. The maximum atomic E-state index is 12.1. The van der Waals surface area contributed by atoms with Crippen molar-refractivity contribution in [2.45, 2.75) is 32.7 Å². The second kappa shape index (κ2) is 9.93. The van der Waals surface area contributed by atoms with Crippen LogP contribution >= 0.6 is 15.9 Å². The number of nitrogen functional groups attached to an aromatic ring is 1. The second-order valence-corrected chi connectivity index (χ2v) is 10.3. The number of ether oxygens (including phenoxy) is 2. The van der Waals surface area contributed by atoms with E-state index in [1.165, 1.54) is 7.11 Å². The molecular formula is C26H29BrN6O3. The molecule has 2 N–H and O–H groups in total. The summed E-state index contributed by atoms with van der Waals surface area (Å²) < 4.78 is 16.0. The number of carbonyl (C=O) groups excluding carboxylic acids is 1. The number of methoxy groups -OCH3 is 1. The Morgan fingerprint density at radius 2 is 2.00 bits per heavy atom. The molecule has 1 fully saturated rings. The average molecular weight is 553 g/mol. The number of nitrogens with two attached hydrogens (primary N) is 1. The van der Waals surface area contributed by atoms with Crippen molar-refractivity contribution in [2.24, 2.45) is 18.9 Å². The highest BCUT2D eigenvalue weighted by Gasteiger charge is 2.27. The SMILES string of the molecule is COC(=O)c1cc(C)nc(-c2cnn(C)c2OCC2CC[C@@H](Cn3c(N)nc4ccc(Br)cc43)C2)c1. The van der Waals surface area contributed by atoms with Crippen molar-refractivity contribution in [1.29, 1.82) is 0 Å². The van der Waals surface area contributed by atoms with Gasteiger partial charge in [0, 0.05) is 23.8 Å². The molecule has 3 heterocycles. The van der Waals surface area contributed by atoms with Crippen LogP contribution in [0.2, 0.25) is 0 Å². The van der Waals surface area contributed by atoms with E-state index in [0.29, 0.717) is 41.5 Å². The molecule has 0 aliphatic heterocycles. The molecular weight excluding hydrogens is 524 g/mol. The van der Waals surface area contributed by atoms with Gasteiger partial charge in [-0.2, -0.15) is 5.10 Å². The van der Waals surface area contributed by atoms with Crippen molar-refractivity contribution >= 4 is 38.9 Å². The third-order valence-corrected chi connectivity index (χ3v) is 7.31. The number of esters is 1. The average Bonchev–Trinajstić information content (AvgIpc) is 3.54. The van der Waals surface area contributed by atoms with Crippen molar-refractivity contribution in [3.63, 3.8) is 0 Å². The van der Waals surface area contributed by atoms with Crippen LogP contribution in [0.5, 0.6) is 5.88 Å². The summed E-state index contributed by atoms with van der Waals surface area (Å²) in [5, 5.41) is 4.38. The van der Waals surface area contributed by atoms with Gasteiger partial charge in [0.25, 0.3) is 0 Å². The molecule has 0 bridgehead atoms. The van der Waals surface area contributed by atoms with Gasteiger partial charge in [-0.1, -0.05) is 15.9 Å². The summed E-state index contributed by atoms with van der Waals surface area (Å²) in [6.07, 6.45) is 4.97. The van der Waals surface area contributed by atoms with Crippen molar-refractivity contribution in [1.82, 2.24) is 24.3 Å². The fourth-order valence-electron chi connectivity index (χ4n) is 5.07. The number of hydrogen-bond donors (Lipinski definition) is 1. The highest BCUT2D eigenvalue weighted by Crippen LogP contribution is 2.36. The first kappa shape index (κ1) is 24.3. The number of halogens is 1. The van der Waals surface area contributed by atoms with E-state index in [9.17, 15) is 4.79 Å². The second-order valence-electron chi connectivity index (χ2n) is 9.43. The Hall–Kier alpha value is -3.40. The van der Waals surface area contributed by atoms with Gasteiger partial charge in [0.1, 0.15) is 0 Å². The maximum absolute atomic E-state index is 12.1. The number of pyridine rings is 1. The molecule has 1 saturated carbocycles. The predicted molar refractivity (Wildman–Crippen MR) is 141 cm³/mol. The normalized spacial score (nSPS) is 17.6. The molecule has 4 aromatic rings. The van der Waals surface area contributed by atoms with Crippen molar-refractivity contribution in [2.75, 3.05) is 19.5 Å². The number of imidazole rings is 1. The summed E-state index contributed by atoms with van der Waals surface area (Å²) in [6.45, 7) is 3.28. The first-order valence-corrected chi connectivity index (χ1v) is 12.7. The Bertz CT molecular complexity index is 1430. The minimum atomic E-state index is -0.399. The summed E-state index contributed by atoms with van der Waals surface area (Å²) in [6, 6.07) is 9.47. The number of benzene rings is 1. The van der Waals surface area contributed by atoms with Crippen LogP contribution in [-0.2, 0) is 18.3 Å². The summed E-state index contributed by atoms with van der Waals surface area (Å²) >= 11 is 3.55. The minimum Gasteiger partial charge on any atom is -0.477 e. The smallest absolute Gasteiger partial charge is 0.337 e. The Kier molecular flexibility index (Phi) is 6.70. The number of anilines is 1. The van der Waals surface area contributed by atoms with Gasteiger partial charge in [-0.25, -0.2) is 14.5 Å². The topological polar surface area (TPSA) is 110 Å². The molecule has 1 unspecified atom stereocenters. The van der Waals surface area contributed by atoms with Crippen LogP contribution < -0.4 is 10.5 Å². The number of fused-ring (bicyclic) bond motifs is 1. The van der Waals surface area contributed by atoms with Crippen LogP contribution in [0.15, 0.2) is 41.0 Å². The number of nitrogens with zero attached hydrogens (tertiary/aromatic N) is 5. The zero-order valence-electron chi connectivity index (χ0n) is 20.6. The fraction of sp³-hybridized carbons (Fsp3) is 0.385. The van der Waals surface area contributed by atoms with E-state index in [0.717, 1.165) is 52.6 Å². The molecule has 3 aromatic heterocycles. The Morgan fingerprint density at radius 1 is 1.19 bits per heavy atom. The Morgan fingerprint density at radius 3 is 2.81 bits per heavy atom. The summed E-state index contributed by atoms with van der Waals surface area (Å²) in [4.78, 5) is 21.2. The van der Waals surface area contributed by atoms with Crippen LogP contribution in [-0.4, -0.2) is 44.0 Å². The molecule has 36 heavy (non-hydrogen) atoms. The van der Waals surface area contributed by atoms with Gasteiger partial charge in [-0.05, 0) is 68.4 Å². The predicted octanol–water partition coefficient (Wildman–Crippen LogP) is 4.77. The first-order valence-electron chi connectivity index (χ1n) is 12.0. The van der Waals surface area contributed by atoms with Gasteiger partial charge in [0.2, 0.25) is 11.8 Å². The van der Waals surface area contributed by atoms with Gasteiger partial charge in [0.05, 0.1) is 47.8 Å². The molecule has 9 nitrogen and oxygen atoms in total. The van der Waals surface area contributed by atoms with Crippen LogP contribution in [0.25, 0.3) is 22.3 Å². The maximum Gasteiger partial charge on any atom is 0.337 e. The van der Waals surface area contributed by atoms with E-state index < -0.39 is 5.97 Å². The third-order valence-electron chi connectivity index (χ3n) is 6.82. The van der Waals surface area contributed by atoms with Crippen molar-refractivity contribution < 1.29 is 14.3 Å². The molecule has 10 heteroatoms. The van der Waals surface area contributed by atoms with E-state index in [1.807, 2.05) is 26.1 Å². The number of rotatable bonds is 7. The first-order chi connectivity index (χ1) is 17.3. The van der Waals surface area contributed by atoms with Gasteiger partial charge >= 0.3 is 5.97 Å². The van der Waals surface area contributed by atoms with Crippen LogP contribution in [0, 0.1) is 18.8 Å². The number of aryl methyl sites for hydroxylation is 2. The lowest BCUT2D eigenvalue weighted by atomic mass is 10.1. The molecule has 0 amide bonds. The standard InChI is InChI=1S/C26H29BrN6O3/c1-15-8-18(25(34)35-3)10-22(30-15)20-12-29-32(2)24(20)36-14-17-5-4-16(9-17)13-33-23-11-19(27)6-7-21(23)31-26(33)28/h6-8,10-12,16-17H,4-5,9,13-14H2,1-3H3,(H2,28,31)/t16-,17?/m1/s1. The van der Waals surface area contributed by atoms with Gasteiger partial charge in [-0.3, -0.25) is 4.98 Å². The summed E-state index contributed by atoms with van der Waals surface area (Å²) in [5.74, 6) is 1.73. The molecule has 0 saturated heterocycles. The van der Waals surface area contributed by atoms with E-state index in [4.69, 9.17) is 15.2 Å². The highest BCUT2D eigenvalue weighted by atomic mass is 79.9. The van der Waals surface area contributed by atoms with E-state index >= 15 is 0 Å². The van der Waals surface area contributed by atoms with E-state index in [2.05, 4.69) is 41.6 Å². The monoisotopic (exact) mass is 552 g/mol. The molecule has 1 aromatic carbocycles. The summed E-state index contributed by atoms with van der Waals surface area (Å²) in [5.41, 5.74) is 10.8. The quantitative estimate of drug-likeness (QED) is 0.329. The molecule has 1 aliphatic carbocycles. The van der Waals surface area contributed by atoms with Crippen molar-refractivity contribution in [3.8, 4) is 17.1 Å². The van der Waals surface area contributed by atoms with Crippen LogP contribution in [0.3, 0.4) is 0 Å². The molecule has 0 radical (unpaired) electrons. The van der Waals surface area contributed by atoms with E-state index in [-0.39, 0.29) is 0 Å². The third kappa shape index (κ3) is 4.82. The molecule has 1 aliphatic rings. The van der Waals surface area contributed by atoms with Crippen molar-refractivity contribution in [3.05, 3.63) is 52.3 Å². The number of carbonyl (C=O) groups is 1. The molecule has 0 spiro atoms. The lowest BCUT2D eigenvalue weighted by Gasteiger charge is -2.15.